The van der Waals surface area contributed by atoms with Crippen LogP contribution in [0.4, 0.5) is 13.2 Å². The maximum absolute atomic E-state index is 14.2. The quantitative estimate of drug-likeness (QED) is 0.141. The molecule has 0 fully saturated rings. The predicted octanol–water partition coefficient (Wildman–Crippen LogP) is 12.2. The van der Waals surface area contributed by atoms with Crippen LogP contribution >= 0.6 is 11.3 Å². The SMILES string of the molecule is Fc1cc(-c2nc3cc(-c4ccc5cc(-c6ccc(-c7nc8ccccc8s7)cc6)ccc5c4)ccc3c3ccccc23)cc(F)c1F. The van der Waals surface area contributed by atoms with Gasteiger partial charge in [-0.3, -0.25) is 0 Å². The number of hydrogen-bond donors (Lipinski definition) is 0. The van der Waals surface area contributed by atoms with Gasteiger partial charge in [-0.05, 0) is 80.9 Å². The minimum atomic E-state index is -1.49. The lowest BCUT2D eigenvalue weighted by atomic mass is 9.95. The Morgan fingerprint density at radius 2 is 1.00 bits per heavy atom. The highest BCUT2D eigenvalue weighted by Crippen LogP contribution is 2.37. The first kappa shape index (κ1) is 28.4. The summed E-state index contributed by atoms with van der Waals surface area (Å²) in [4.78, 5) is 9.65. The lowest BCUT2D eigenvalue weighted by Gasteiger charge is -2.12. The minimum Gasteiger partial charge on any atom is -0.247 e. The molecule has 9 aromatic rings. The van der Waals surface area contributed by atoms with E-state index >= 15 is 0 Å². The topological polar surface area (TPSA) is 25.8 Å². The van der Waals surface area contributed by atoms with Crippen LogP contribution in [0.15, 0.2) is 140 Å². The molecule has 6 heteroatoms. The fourth-order valence-corrected chi connectivity index (χ4v) is 7.43. The number of aromatic nitrogens is 2. The maximum atomic E-state index is 14.2. The smallest absolute Gasteiger partial charge is 0.194 e. The molecule has 0 saturated heterocycles. The fourth-order valence-electron chi connectivity index (χ4n) is 6.45. The molecule has 228 valence electrons. The van der Waals surface area contributed by atoms with Crippen molar-refractivity contribution >= 4 is 54.0 Å². The van der Waals surface area contributed by atoms with Crippen LogP contribution in [-0.2, 0) is 0 Å². The van der Waals surface area contributed by atoms with E-state index in [1.807, 2.05) is 54.6 Å². The number of nitrogens with zero attached hydrogens (tertiary/aromatic N) is 2. The number of fused-ring (bicyclic) bond motifs is 5. The number of benzene rings is 7. The second-order valence-electron chi connectivity index (χ2n) is 11.8. The molecule has 0 aliphatic heterocycles. The van der Waals surface area contributed by atoms with Crippen LogP contribution in [0.2, 0.25) is 0 Å². The molecule has 0 aliphatic rings. The van der Waals surface area contributed by atoms with Crippen molar-refractivity contribution in [3.8, 4) is 44.1 Å². The highest BCUT2D eigenvalue weighted by Gasteiger charge is 2.16. The first-order chi connectivity index (χ1) is 23.5. The Hall–Kier alpha value is -5.85. The van der Waals surface area contributed by atoms with Crippen LogP contribution in [0.3, 0.4) is 0 Å². The van der Waals surface area contributed by atoms with Gasteiger partial charge in [0, 0.05) is 21.9 Å². The second kappa shape index (κ2) is 11.1. The van der Waals surface area contributed by atoms with E-state index in [2.05, 4.69) is 72.8 Å². The summed E-state index contributed by atoms with van der Waals surface area (Å²) >= 11 is 1.70. The van der Waals surface area contributed by atoms with Crippen molar-refractivity contribution in [1.82, 2.24) is 9.97 Å². The number of halogens is 3. The van der Waals surface area contributed by atoms with E-state index in [1.165, 1.54) is 4.70 Å². The molecular formula is C42H23F3N2S. The summed E-state index contributed by atoms with van der Waals surface area (Å²) in [6.07, 6.45) is 0. The first-order valence-corrected chi connectivity index (χ1v) is 16.3. The molecule has 0 spiro atoms. The van der Waals surface area contributed by atoms with E-state index in [9.17, 15) is 13.2 Å². The maximum Gasteiger partial charge on any atom is 0.194 e. The number of para-hydroxylation sites is 1. The van der Waals surface area contributed by atoms with Crippen molar-refractivity contribution < 1.29 is 13.2 Å². The van der Waals surface area contributed by atoms with E-state index in [-0.39, 0.29) is 5.56 Å². The zero-order valence-electron chi connectivity index (χ0n) is 25.2. The monoisotopic (exact) mass is 644 g/mol. The highest BCUT2D eigenvalue weighted by atomic mass is 32.1. The van der Waals surface area contributed by atoms with Gasteiger partial charge in [-0.1, -0.05) is 97.1 Å². The Morgan fingerprint density at radius 3 is 1.73 bits per heavy atom. The molecule has 0 bridgehead atoms. The van der Waals surface area contributed by atoms with Crippen LogP contribution < -0.4 is 0 Å². The second-order valence-corrected chi connectivity index (χ2v) is 12.9. The van der Waals surface area contributed by atoms with Crippen LogP contribution in [0.1, 0.15) is 0 Å². The predicted molar refractivity (Wildman–Crippen MR) is 192 cm³/mol. The lowest BCUT2D eigenvalue weighted by molar-refractivity contribution is 0.447. The van der Waals surface area contributed by atoms with E-state index in [0.29, 0.717) is 11.2 Å². The van der Waals surface area contributed by atoms with E-state index in [4.69, 9.17) is 9.97 Å². The molecule has 0 unspecified atom stereocenters. The van der Waals surface area contributed by atoms with Gasteiger partial charge in [0.1, 0.15) is 5.01 Å². The number of pyridine rings is 1. The van der Waals surface area contributed by atoms with Crippen molar-refractivity contribution in [2.24, 2.45) is 0 Å². The van der Waals surface area contributed by atoms with Crippen molar-refractivity contribution in [1.29, 1.82) is 0 Å². The molecule has 0 N–H and O–H groups in total. The molecule has 0 amide bonds. The average Bonchev–Trinajstić information content (AvgIpc) is 3.57. The van der Waals surface area contributed by atoms with Crippen molar-refractivity contribution in [3.05, 3.63) is 157 Å². The van der Waals surface area contributed by atoms with E-state index in [0.717, 1.165) is 77.4 Å². The Bertz CT molecular complexity index is 2660. The molecule has 0 aliphatic carbocycles. The zero-order chi connectivity index (χ0) is 32.4. The Kier molecular flexibility index (Phi) is 6.59. The molecule has 48 heavy (non-hydrogen) atoms. The molecule has 0 radical (unpaired) electrons. The Balaban J connectivity index is 1.06. The van der Waals surface area contributed by atoms with E-state index < -0.39 is 17.5 Å². The van der Waals surface area contributed by atoms with Gasteiger partial charge in [0.2, 0.25) is 0 Å². The molecule has 7 aromatic carbocycles. The van der Waals surface area contributed by atoms with E-state index in [1.54, 1.807) is 11.3 Å². The lowest BCUT2D eigenvalue weighted by Crippen LogP contribution is -1.95. The molecule has 0 saturated carbocycles. The van der Waals surface area contributed by atoms with Gasteiger partial charge < -0.3 is 0 Å². The standard InChI is InChI=1S/C42H23F3N2S/c43-35-21-31(22-36(44)40(35)45)41-34-6-2-1-5-32(34)33-18-17-30(23-38(33)46-41)29-16-15-27-19-26(13-14-28(27)20-29)24-9-11-25(12-10-24)42-47-37-7-3-4-8-39(37)48-42/h1-23H. The van der Waals surface area contributed by atoms with Gasteiger partial charge in [-0.2, -0.15) is 0 Å². The first-order valence-electron chi connectivity index (χ1n) is 15.5. The summed E-state index contributed by atoms with van der Waals surface area (Å²) in [6.45, 7) is 0. The molecule has 2 aromatic heterocycles. The van der Waals surface area contributed by atoms with Gasteiger partial charge in [0.15, 0.2) is 17.5 Å². The third-order valence-electron chi connectivity index (χ3n) is 8.89. The fraction of sp³-hybridized carbons (Fsp3) is 0. The summed E-state index contributed by atoms with van der Waals surface area (Å²) in [7, 11) is 0. The number of thiazole rings is 1. The third-order valence-corrected chi connectivity index (χ3v) is 9.98. The largest absolute Gasteiger partial charge is 0.247 e. The minimum absolute atomic E-state index is 0.183. The van der Waals surface area contributed by atoms with Gasteiger partial charge in [0.05, 0.1) is 21.4 Å². The molecule has 2 heterocycles. The molecular weight excluding hydrogens is 622 g/mol. The van der Waals surface area contributed by atoms with Crippen molar-refractivity contribution in [2.45, 2.75) is 0 Å². The van der Waals surface area contributed by atoms with Crippen molar-refractivity contribution in [3.63, 3.8) is 0 Å². The summed E-state index contributed by atoms with van der Waals surface area (Å²) < 4.78 is 43.5. The summed E-state index contributed by atoms with van der Waals surface area (Å²) in [5, 5.41) is 5.79. The summed E-state index contributed by atoms with van der Waals surface area (Å²) in [5.74, 6) is -3.98. The van der Waals surface area contributed by atoms with Gasteiger partial charge in [0.25, 0.3) is 0 Å². The Labute approximate surface area is 277 Å². The van der Waals surface area contributed by atoms with Gasteiger partial charge >= 0.3 is 0 Å². The zero-order valence-corrected chi connectivity index (χ0v) is 26.0. The average molecular weight is 645 g/mol. The van der Waals surface area contributed by atoms with Crippen LogP contribution in [0, 0.1) is 17.5 Å². The highest BCUT2D eigenvalue weighted by molar-refractivity contribution is 7.21. The summed E-state index contributed by atoms with van der Waals surface area (Å²) in [5.41, 5.74) is 7.63. The molecule has 2 nitrogen and oxygen atoms in total. The normalized spacial score (nSPS) is 11.6. The Morgan fingerprint density at radius 1 is 0.417 bits per heavy atom. The van der Waals surface area contributed by atoms with Gasteiger partial charge in [-0.25, -0.2) is 23.1 Å². The van der Waals surface area contributed by atoms with Crippen LogP contribution in [0.25, 0.3) is 86.7 Å². The molecule has 0 atom stereocenters. The van der Waals surface area contributed by atoms with Crippen molar-refractivity contribution in [2.75, 3.05) is 0 Å². The van der Waals surface area contributed by atoms with Crippen LogP contribution in [0.5, 0.6) is 0 Å². The third kappa shape index (κ3) is 4.81. The van der Waals surface area contributed by atoms with Crippen LogP contribution in [-0.4, -0.2) is 9.97 Å². The van der Waals surface area contributed by atoms with Gasteiger partial charge in [-0.15, -0.1) is 11.3 Å². The number of rotatable bonds is 4. The summed E-state index contributed by atoms with van der Waals surface area (Å²) in [6, 6.07) is 45.3. The number of hydrogen-bond acceptors (Lipinski definition) is 3. The molecule has 9 rings (SSSR count).